The molecule has 0 radical (unpaired) electrons. The summed E-state index contributed by atoms with van der Waals surface area (Å²) in [5, 5.41) is 12.1. The molecule has 0 aliphatic carbocycles. The van der Waals surface area contributed by atoms with Crippen molar-refractivity contribution in [3.8, 4) is 0 Å². The number of anilines is 1. The average Bonchev–Trinajstić information content (AvgIpc) is 2.94. The molecule has 138 valence electrons. The van der Waals surface area contributed by atoms with Gasteiger partial charge in [-0.2, -0.15) is 0 Å². The second-order valence-electron chi connectivity index (χ2n) is 6.27. The Morgan fingerprint density at radius 3 is 2.77 bits per heavy atom. The smallest absolute Gasteiger partial charge is 0.337 e. The number of fused-ring (bicyclic) bond motifs is 1. The fraction of sp³-hybridized carbons (Fsp3) is 0.389. The van der Waals surface area contributed by atoms with Gasteiger partial charge in [-0.05, 0) is 30.2 Å². The van der Waals surface area contributed by atoms with Crippen LogP contribution in [0.2, 0.25) is 0 Å². The zero-order valence-electron chi connectivity index (χ0n) is 14.7. The molecule has 0 saturated heterocycles. The molecule has 0 bridgehead atoms. The molecule has 0 aromatic heterocycles. The Morgan fingerprint density at radius 2 is 2.08 bits per heavy atom. The van der Waals surface area contributed by atoms with E-state index >= 15 is 0 Å². The number of likely N-dealkylation sites (N-methyl/N-ethyl adjacent to an activating group) is 1. The van der Waals surface area contributed by atoms with Crippen LogP contribution in [0.15, 0.2) is 29.5 Å². The molecule has 0 saturated carbocycles. The van der Waals surface area contributed by atoms with Gasteiger partial charge in [-0.25, -0.2) is 4.79 Å². The summed E-state index contributed by atoms with van der Waals surface area (Å²) in [7, 11) is 3.02. The summed E-state index contributed by atoms with van der Waals surface area (Å²) in [5.74, 6) is -0.984. The first-order valence-corrected chi connectivity index (χ1v) is 8.33. The lowest BCUT2D eigenvalue weighted by Crippen LogP contribution is -2.34. The first-order valence-electron chi connectivity index (χ1n) is 8.33. The Labute approximate surface area is 151 Å². The van der Waals surface area contributed by atoms with Crippen molar-refractivity contribution < 1.29 is 24.2 Å². The molecular formula is C18H21N3O5. The number of hydrogen-bond acceptors (Lipinski definition) is 6. The maximum atomic E-state index is 12.5. The molecule has 3 rings (SSSR count). The Bertz CT molecular complexity index is 802. The summed E-state index contributed by atoms with van der Waals surface area (Å²) in [4.78, 5) is 39.8. The Morgan fingerprint density at radius 1 is 1.31 bits per heavy atom. The fourth-order valence-corrected chi connectivity index (χ4v) is 3.18. The third-order valence-electron chi connectivity index (χ3n) is 4.62. The molecule has 0 spiro atoms. The topological polar surface area (TPSA) is 99.2 Å². The van der Waals surface area contributed by atoms with E-state index in [4.69, 9.17) is 9.84 Å². The van der Waals surface area contributed by atoms with E-state index in [2.05, 4.69) is 5.32 Å². The molecule has 2 amide bonds. The zero-order chi connectivity index (χ0) is 18.8. The van der Waals surface area contributed by atoms with E-state index in [1.165, 1.54) is 12.0 Å². The van der Waals surface area contributed by atoms with Crippen LogP contribution in [-0.2, 0) is 20.7 Å². The minimum Gasteiger partial charge on any atom is -0.466 e. The molecule has 2 N–H and O–H groups in total. The van der Waals surface area contributed by atoms with Crippen LogP contribution in [0.5, 0.6) is 0 Å². The summed E-state index contributed by atoms with van der Waals surface area (Å²) in [6.07, 6.45) is 0.723. The highest BCUT2D eigenvalue weighted by atomic mass is 16.5. The van der Waals surface area contributed by atoms with Gasteiger partial charge in [0.05, 0.1) is 25.8 Å². The van der Waals surface area contributed by atoms with E-state index in [1.807, 2.05) is 6.07 Å². The number of methoxy groups -OCH3 is 1. The standard InChI is InChI=1S/C18H21N3O5/c1-20-6-5-11-9-12(3-4-13(11)16(20)23)19-15-14(18(25)26-2)10-21(7-8-22)17(15)24/h3-4,9,19,22H,5-8,10H2,1-2H3. The average molecular weight is 359 g/mol. The van der Waals surface area contributed by atoms with Crippen molar-refractivity contribution in [1.29, 1.82) is 0 Å². The van der Waals surface area contributed by atoms with Crippen molar-refractivity contribution in [1.82, 2.24) is 9.80 Å². The van der Waals surface area contributed by atoms with Crippen LogP contribution >= 0.6 is 0 Å². The number of ether oxygens (including phenoxy) is 1. The van der Waals surface area contributed by atoms with Gasteiger partial charge in [-0.3, -0.25) is 9.59 Å². The number of carbonyl (C=O) groups excluding carboxylic acids is 3. The van der Waals surface area contributed by atoms with Gasteiger partial charge in [0.1, 0.15) is 5.70 Å². The van der Waals surface area contributed by atoms with Crippen molar-refractivity contribution in [3.63, 3.8) is 0 Å². The number of aliphatic hydroxyl groups excluding tert-OH is 1. The molecule has 0 unspecified atom stereocenters. The Kier molecular flexibility index (Phi) is 4.94. The van der Waals surface area contributed by atoms with Crippen molar-refractivity contribution >= 4 is 23.5 Å². The van der Waals surface area contributed by atoms with Crippen LogP contribution in [-0.4, -0.2) is 73.1 Å². The molecule has 2 heterocycles. The number of benzene rings is 1. The summed E-state index contributed by atoms with van der Waals surface area (Å²) in [6.45, 7) is 0.661. The van der Waals surface area contributed by atoms with Crippen LogP contribution < -0.4 is 5.32 Å². The molecule has 8 heteroatoms. The molecular weight excluding hydrogens is 338 g/mol. The third kappa shape index (κ3) is 3.15. The van der Waals surface area contributed by atoms with Crippen molar-refractivity contribution in [2.24, 2.45) is 0 Å². The van der Waals surface area contributed by atoms with E-state index in [1.54, 1.807) is 24.1 Å². The largest absolute Gasteiger partial charge is 0.466 e. The SMILES string of the molecule is COC(=O)C1=C(Nc2ccc3c(c2)CCN(C)C3=O)C(=O)N(CCO)C1. The predicted molar refractivity (Wildman–Crippen MR) is 93.4 cm³/mol. The first-order chi connectivity index (χ1) is 12.5. The summed E-state index contributed by atoms with van der Waals surface area (Å²) >= 11 is 0. The van der Waals surface area contributed by atoms with Crippen LogP contribution in [0, 0.1) is 0 Å². The second kappa shape index (κ2) is 7.17. The summed E-state index contributed by atoms with van der Waals surface area (Å²) in [6, 6.07) is 5.25. The molecule has 1 aromatic carbocycles. The highest BCUT2D eigenvalue weighted by Gasteiger charge is 2.34. The lowest BCUT2D eigenvalue weighted by Gasteiger charge is -2.25. The molecule has 1 aromatic rings. The maximum Gasteiger partial charge on any atom is 0.337 e. The number of carbonyl (C=O) groups is 3. The van der Waals surface area contributed by atoms with Gasteiger partial charge in [0.15, 0.2) is 0 Å². The van der Waals surface area contributed by atoms with E-state index in [0.29, 0.717) is 17.8 Å². The van der Waals surface area contributed by atoms with Crippen LogP contribution in [0.3, 0.4) is 0 Å². The first kappa shape index (κ1) is 17.9. The van der Waals surface area contributed by atoms with Crippen LogP contribution in [0.25, 0.3) is 0 Å². The van der Waals surface area contributed by atoms with E-state index in [-0.39, 0.29) is 42.8 Å². The van der Waals surface area contributed by atoms with E-state index < -0.39 is 5.97 Å². The minimum absolute atomic E-state index is 0.0293. The van der Waals surface area contributed by atoms with Crippen LogP contribution in [0.1, 0.15) is 15.9 Å². The molecule has 2 aliphatic heterocycles. The number of aliphatic hydroxyl groups is 1. The lowest BCUT2D eigenvalue weighted by molar-refractivity contribution is -0.136. The van der Waals surface area contributed by atoms with Gasteiger partial charge in [-0.15, -0.1) is 0 Å². The van der Waals surface area contributed by atoms with E-state index in [0.717, 1.165) is 12.0 Å². The van der Waals surface area contributed by atoms with Crippen molar-refractivity contribution in [3.05, 3.63) is 40.6 Å². The zero-order valence-corrected chi connectivity index (χ0v) is 14.7. The van der Waals surface area contributed by atoms with Crippen LogP contribution in [0.4, 0.5) is 5.69 Å². The Balaban J connectivity index is 1.89. The van der Waals surface area contributed by atoms with Gasteiger partial charge in [0, 0.05) is 31.4 Å². The predicted octanol–water partition coefficient (Wildman–Crippen LogP) is -0.0118. The maximum absolute atomic E-state index is 12.5. The monoisotopic (exact) mass is 359 g/mol. The summed E-state index contributed by atoms with van der Waals surface area (Å²) in [5.41, 5.74) is 2.53. The fourth-order valence-electron chi connectivity index (χ4n) is 3.18. The van der Waals surface area contributed by atoms with Gasteiger partial charge in [0.25, 0.3) is 11.8 Å². The number of nitrogens with zero attached hydrogens (tertiary/aromatic N) is 2. The number of esters is 1. The van der Waals surface area contributed by atoms with Crippen molar-refractivity contribution in [2.75, 3.05) is 45.7 Å². The minimum atomic E-state index is -0.587. The number of amides is 2. The quantitative estimate of drug-likeness (QED) is 0.718. The number of hydrogen-bond donors (Lipinski definition) is 2. The number of nitrogens with one attached hydrogen (secondary N) is 1. The van der Waals surface area contributed by atoms with Gasteiger partial charge in [-0.1, -0.05) is 0 Å². The number of β-amino-alcohol motifs (C(OH)–C–C–N with tert-alkyl or cyclic N) is 1. The second-order valence-corrected chi connectivity index (χ2v) is 6.27. The Hall–Kier alpha value is -2.87. The molecule has 0 atom stereocenters. The number of rotatable bonds is 5. The third-order valence-corrected chi connectivity index (χ3v) is 4.62. The van der Waals surface area contributed by atoms with Gasteiger partial charge < -0.3 is 25.0 Å². The van der Waals surface area contributed by atoms with Gasteiger partial charge in [0.2, 0.25) is 0 Å². The molecule has 2 aliphatic rings. The normalized spacial score (nSPS) is 16.9. The molecule has 26 heavy (non-hydrogen) atoms. The summed E-state index contributed by atoms with van der Waals surface area (Å²) < 4.78 is 4.76. The highest BCUT2D eigenvalue weighted by Crippen LogP contribution is 2.26. The lowest BCUT2D eigenvalue weighted by atomic mass is 9.98. The highest BCUT2D eigenvalue weighted by molar-refractivity contribution is 6.08. The van der Waals surface area contributed by atoms with Gasteiger partial charge >= 0.3 is 5.97 Å². The van der Waals surface area contributed by atoms with E-state index in [9.17, 15) is 14.4 Å². The van der Waals surface area contributed by atoms with Crippen molar-refractivity contribution in [2.45, 2.75) is 6.42 Å². The molecule has 0 fully saturated rings. The molecule has 8 nitrogen and oxygen atoms in total.